The molecule has 1 aromatic carbocycles. The number of hydrogen-bond acceptors (Lipinski definition) is 6. The number of nitrogens with zero attached hydrogens (tertiary/aromatic N) is 2. The van der Waals surface area contributed by atoms with Gasteiger partial charge in [0, 0.05) is 24.4 Å². The molecule has 1 aromatic heterocycles. The van der Waals surface area contributed by atoms with Crippen LogP contribution < -0.4 is 20.1 Å². The number of rotatable bonds is 9. The third-order valence-electron chi connectivity index (χ3n) is 3.87. The van der Waals surface area contributed by atoms with Gasteiger partial charge in [0.05, 0.1) is 24.9 Å². The van der Waals surface area contributed by atoms with Crippen LogP contribution in [0.4, 0.5) is 11.6 Å². The van der Waals surface area contributed by atoms with Crippen LogP contribution in [0.25, 0.3) is 0 Å². The standard InChI is InChI=1S/C19H25ClN4O3/c1-5-6-7-8-21-18(25)15-9-12(2)22-19(24-15)23-14-11-16(26-3)13(20)10-17(14)27-4/h9-11H,5-8H2,1-4H3,(H,21,25)(H,22,23,24). The molecule has 0 bridgehead atoms. The molecule has 0 spiro atoms. The van der Waals surface area contributed by atoms with Crippen LogP contribution in [0.5, 0.6) is 11.5 Å². The zero-order valence-electron chi connectivity index (χ0n) is 16.1. The number of anilines is 2. The lowest BCUT2D eigenvalue weighted by Gasteiger charge is -2.14. The molecular formula is C19H25ClN4O3. The molecule has 8 heteroatoms. The van der Waals surface area contributed by atoms with E-state index in [1.807, 2.05) is 0 Å². The van der Waals surface area contributed by atoms with E-state index in [9.17, 15) is 4.79 Å². The van der Waals surface area contributed by atoms with Crippen molar-refractivity contribution < 1.29 is 14.3 Å². The van der Waals surface area contributed by atoms with Gasteiger partial charge in [-0.25, -0.2) is 9.97 Å². The lowest BCUT2D eigenvalue weighted by Crippen LogP contribution is -2.26. The Hall–Kier alpha value is -2.54. The third kappa shape index (κ3) is 5.72. The molecule has 0 saturated heterocycles. The van der Waals surface area contributed by atoms with Gasteiger partial charge in [-0.05, 0) is 19.4 Å². The molecule has 2 rings (SSSR count). The van der Waals surface area contributed by atoms with Gasteiger partial charge in [0.1, 0.15) is 17.2 Å². The summed E-state index contributed by atoms with van der Waals surface area (Å²) in [6, 6.07) is 4.98. The van der Waals surface area contributed by atoms with Crippen LogP contribution in [0.3, 0.4) is 0 Å². The number of aryl methyl sites for hydroxylation is 1. The fourth-order valence-corrected chi connectivity index (χ4v) is 2.72. The van der Waals surface area contributed by atoms with Crippen LogP contribution >= 0.6 is 11.6 Å². The van der Waals surface area contributed by atoms with Crippen molar-refractivity contribution in [2.24, 2.45) is 0 Å². The van der Waals surface area contributed by atoms with Crippen LogP contribution in [0.1, 0.15) is 42.4 Å². The maximum absolute atomic E-state index is 12.3. The molecule has 2 aromatic rings. The number of carbonyl (C=O) groups is 1. The average Bonchev–Trinajstić information content (AvgIpc) is 2.65. The van der Waals surface area contributed by atoms with E-state index in [1.165, 1.54) is 14.2 Å². The summed E-state index contributed by atoms with van der Waals surface area (Å²) in [5.74, 6) is 1.06. The van der Waals surface area contributed by atoms with Gasteiger partial charge in [-0.15, -0.1) is 0 Å². The van der Waals surface area contributed by atoms with Crippen LogP contribution in [0.15, 0.2) is 18.2 Å². The van der Waals surface area contributed by atoms with Gasteiger partial charge >= 0.3 is 0 Å². The molecule has 0 aliphatic heterocycles. The van der Waals surface area contributed by atoms with Crippen LogP contribution in [0, 0.1) is 6.92 Å². The number of benzene rings is 1. The molecule has 27 heavy (non-hydrogen) atoms. The first-order valence-corrected chi connectivity index (χ1v) is 9.18. The highest BCUT2D eigenvalue weighted by atomic mass is 35.5. The summed E-state index contributed by atoms with van der Waals surface area (Å²) in [5, 5.41) is 6.38. The molecule has 0 aliphatic carbocycles. The maximum atomic E-state index is 12.3. The number of halogens is 1. The van der Waals surface area contributed by atoms with E-state index in [2.05, 4.69) is 27.5 Å². The summed E-state index contributed by atoms with van der Waals surface area (Å²) in [4.78, 5) is 21.0. The monoisotopic (exact) mass is 392 g/mol. The summed E-state index contributed by atoms with van der Waals surface area (Å²) in [5.41, 5.74) is 1.56. The second-order valence-electron chi connectivity index (χ2n) is 5.99. The molecule has 146 valence electrons. The van der Waals surface area contributed by atoms with Gasteiger partial charge in [0.25, 0.3) is 5.91 Å². The smallest absolute Gasteiger partial charge is 0.270 e. The fourth-order valence-electron chi connectivity index (χ4n) is 2.49. The number of unbranched alkanes of at least 4 members (excludes halogenated alkanes) is 2. The van der Waals surface area contributed by atoms with E-state index in [1.54, 1.807) is 25.1 Å². The van der Waals surface area contributed by atoms with Crippen molar-refractivity contribution in [3.8, 4) is 11.5 Å². The fraction of sp³-hybridized carbons (Fsp3) is 0.421. The minimum Gasteiger partial charge on any atom is -0.495 e. The molecule has 0 unspecified atom stereocenters. The highest BCUT2D eigenvalue weighted by Gasteiger charge is 2.14. The van der Waals surface area contributed by atoms with Crippen molar-refractivity contribution in [3.63, 3.8) is 0 Å². The topological polar surface area (TPSA) is 85.4 Å². The number of hydrogen-bond donors (Lipinski definition) is 2. The number of methoxy groups -OCH3 is 2. The first-order valence-electron chi connectivity index (χ1n) is 8.80. The Morgan fingerprint density at radius 3 is 2.52 bits per heavy atom. The number of carbonyl (C=O) groups excluding carboxylic acids is 1. The Labute approximate surface area is 164 Å². The average molecular weight is 393 g/mol. The van der Waals surface area contributed by atoms with E-state index < -0.39 is 0 Å². The number of nitrogens with one attached hydrogen (secondary N) is 2. The van der Waals surface area contributed by atoms with Crippen LogP contribution in [-0.4, -0.2) is 36.6 Å². The summed E-state index contributed by atoms with van der Waals surface area (Å²) in [6.45, 7) is 4.55. The summed E-state index contributed by atoms with van der Waals surface area (Å²) in [6.07, 6.45) is 3.12. The first-order chi connectivity index (χ1) is 13.0. The van der Waals surface area contributed by atoms with E-state index in [0.717, 1.165) is 19.3 Å². The van der Waals surface area contributed by atoms with Crippen molar-refractivity contribution in [1.82, 2.24) is 15.3 Å². The number of ether oxygens (including phenoxy) is 2. The predicted octanol–water partition coefficient (Wildman–Crippen LogP) is 4.12. The number of amides is 1. The highest BCUT2D eigenvalue weighted by molar-refractivity contribution is 6.32. The zero-order chi connectivity index (χ0) is 19.8. The predicted molar refractivity (Wildman–Crippen MR) is 106 cm³/mol. The molecule has 0 fully saturated rings. The Bertz CT molecular complexity index is 799. The second kappa shape index (κ2) is 9.97. The third-order valence-corrected chi connectivity index (χ3v) is 4.17. The normalized spacial score (nSPS) is 10.4. The van der Waals surface area contributed by atoms with Gasteiger partial charge in [0.15, 0.2) is 0 Å². The van der Waals surface area contributed by atoms with Crippen LogP contribution in [-0.2, 0) is 0 Å². The minimum atomic E-state index is -0.222. The second-order valence-corrected chi connectivity index (χ2v) is 6.40. The highest BCUT2D eigenvalue weighted by Crippen LogP contribution is 2.36. The zero-order valence-corrected chi connectivity index (χ0v) is 16.8. The molecule has 0 radical (unpaired) electrons. The van der Waals surface area contributed by atoms with Crippen LogP contribution in [0.2, 0.25) is 5.02 Å². The van der Waals surface area contributed by atoms with Crippen molar-refractivity contribution in [2.75, 3.05) is 26.1 Å². The molecular weight excluding hydrogens is 368 g/mol. The van der Waals surface area contributed by atoms with Gasteiger partial charge in [0.2, 0.25) is 5.95 Å². The molecule has 7 nitrogen and oxygen atoms in total. The minimum absolute atomic E-state index is 0.222. The van der Waals surface area contributed by atoms with E-state index in [0.29, 0.717) is 40.1 Å². The summed E-state index contributed by atoms with van der Waals surface area (Å²) in [7, 11) is 3.07. The molecule has 1 amide bonds. The Morgan fingerprint density at radius 1 is 1.11 bits per heavy atom. The van der Waals surface area contributed by atoms with Crippen molar-refractivity contribution in [1.29, 1.82) is 0 Å². The van der Waals surface area contributed by atoms with Crippen molar-refractivity contribution in [3.05, 3.63) is 34.6 Å². The Kier molecular flexibility index (Phi) is 7.67. The molecule has 0 atom stereocenters. The Morgan fingerprint density at radius 2 is 1.85 bits per heavy atom. The Balaban J connectivity index is 2.22. The number of aromatic nitrogens is 2. The molecule has 0 aliphatic rings. The first kappa shape index (κ1) is 20.8. The van der Waals surface area contributed by atoms with Gasteiger partial charge in [-0.1, -0.05) is 31.4 Å². The van der Waals surface area contributed by atoms with Crippen molar-refractivity contribution in [2.45, 2.75) is 33.1 Å². The largest absolute Gasteiger partial charge is 0.495 e. The van der Waals surface area contributed by atoms with Crippen molar-refractivity contribution >= 4 is 29.1 Å². The lowest BCUT2D eigenvalue weighted by molar-refractivity contribution is 0.0948. The van der Waals surface area contributed by atoms with Gasteiger partial charge in [-0.2, -0.15) is 0 Å². The lowest BCUT2D eigenvalue weighted by atomic mass is 10.2. The maximum Gasteiger partial charge on any atom is 0.270 e. The van der Waals surface area contributed by atoms with Gasteiger partial charge in [-0.3, -0.25) is 4.79 Å². The summed E-state index contributed by atoms with van der Waals surface area (Å²) < 4.78 is 10.6. The van der Waals surface area contributed by atoms with E-state index >= 15 is 0 Å². The molecule has 0 saturated carbocycles. The molecule has 2 N–H and O–H groups in total. The van der Waals surface area contributed by atoms with Gasteiger partial charge < -0.3 is 20.1 Å². The summed E-state index contributed by atoms with van der Waals surface area (Å²) >= 11 is 6.13. The molecule has 1 heterocycles. The van der Waals surface area contributed by atoms with E-state index in [-0.39, 0.29) is 11.9 Å². The van der Waals surface area contributed by atoms with E-state index in [4.69, 9.17) is 21.1 Å². The quantitative estimate of drug-likeness (QED) is 0.624. The SMILES string of the molecule is CCCCCNC(=O)c1cc(C)nc(Nc2cc(OC)c(Cl)cc2OC)n1.